The summed E-state index contributed by atoms with van der Waals surface area (Å²) in [6.07, 6.45) is -3.63. The molecule has 0 unspecified atom stereocenters. The molecule has 1 fully saturated rings. The van der Waals surface area contributed by atoms with Gasteiger partial charge in [0.15, 0.2) is 0 Å². The summed E-state index contributed by atoms with van der Waals surface area (Å²) in [7, 11) is -3.97. The number of hydrogen-bond donors (Lipinski definition) is 4. The molecule has 23 heavy (non-hydrogen) atoms. The van der Waals surface area contributed by atoms with E-state index in [1.807, 2.05) is 6.92 Å². The number of aliphatic hydroxyl groups is 4. The number of nitrogens with zero attached hydrogens (tertiary/aromatic N) is 1. The van der Waals surface area contributed by atoms with Crippen molar-refractivity contribution >= 4 is 10.0 Å². The van der Waals surface area contributed by atoms with E-state index in [9.17, 15) is 28.8 Å². The molecule has 0 saturated carbocycles. The fourth-order valence-corrected chi connectivity index (χ4v) is 4.37. The zero-order chi connectivity index (χ0) is 17.2. The molecule has 1 heterocycles. The largest absolute Gasteiger partial charge is 0.395 e. The van der Waals surface area contributed by atoms with Crippen molar-refractivity contribution < 1.29 is 28.8 Å². The van der Waals surface area contributed by atoms with E-state index in [-0.39, 0.29) is 24.3 Å². The predicted molar refractivity (Wildman–Crippen MR) is 83.2 cm³/mol. The SMILES string of the molecule is Cc1ccc(S(=O)(=O)N2C[C@@H](O)[C@@H](O)C[C@H](O)C[C@H]2CO)cc1. The van der Waals surface area contributed by atoms with Gasteiger partial charge in [-0.25, -0.2) is 8.42 Å². The van der Waals surface area contributed by atoms with Crippen LogP contribution in [0.15, 0.2) is 29.2 Å². The standard InChI is InChI=1S/C15H23NO6S/c1-10-2-4-13(5-3-10)23(21,22)16-8-15(20)14(19)7-12(18)6-11(16)9-17/h2-5,11-12,14-15,17-20H,6-9H2,1H3/t11-,12+,14-,15+/m0/s1. The quantitative estimate of drug-likeness (QED) is 0.571. The zero-order valence-electron chi connectivity index (χ0n) is 12.9. The maximum absolute atomic E-state index is 12.8. The second kappa shape index (κ2) is 7.25. The number of β-amino-alcohol motifs (C(OH)–C–C–N with tert-alkyl or cyclic N) is 1. The Morgan fingerprint density at radius 3 is 2.26 bits per heavy atom. The van der Waals surface area contributed by atoms with Crippen molar-refractivity contribution in [2.24, 2.45) is 0 Å². The highest BCUT2D eigenvalue weighted by Crippen LogP contribution is 2.25. The summed E-state index contributed by atoms with van der Waals surface area (Å²) in [5.74, 6) is 0. The van der Waals surface area contributed by atoms with Crippen LogP contribution in [0.4, 0.5) is 0 Å². The van der Waals surface area contributed by atoms with Crippen molar-refractivity contribution in [2.45, 2.75) is 49.0 Å². The van der Waals surface area contributed by atoms with Crippen LogP contribution in [0.25, 0.3) is 0 Å². The first kappa shape index (κ1) is 18.3. The molecule has 1 aromatic carbocycles. The third-order valence-corrected chi connectivity index (χ3v) is 6.05. The van der Waals surface area contributed by atoms with Crippen LogP contribution in [0.1, 0.15) is 18.4 Å². The van der Waals surface area contributed by atoms with Crippen LogP contribution < -0.4 is 0 Å². The summed E-state index contributed by atoms with van der Waals surface area (Å²) in [4.78, 5) is 0.0401. The molecular weight excluding hydrogens is 322 g/mol. The third-order valence-electron chi connectivity index (χ3n) is 4.11. The highest BCUT2D eigenvalue weighted by molar-refractivity contribution is 7.89. The fraction of sp³-hybridized carbons (Fsp3) is 0.600. The summed E-state index contributed by atoms with van der Waals surface area (Å²) in [6.45, 7) is 1.01. The molecule has 8 heteroatoms. The predicted octanol–water partition coefficient (Wildman–Crippen LogP) is -0.777. The third kappa shape index (κ3) is 4.09. The van der Waals surface area contributed by atoms with Gasteiger partial charge in [0, 0.05) is 13.0 Å². The van der Waals surface area contributed by atoms with Crippen LogP contribution >= 0.6 is 0 Å². The molecule has 4 atom stereocenters. The Morgan fingerprint density at radius 2 is 1.70 bits per heavy atom. The van der Waals surface area contributed by atoms with Crippen molar-refractivity contribution in [3.05, 3.63) is 29.8 Å². The Bertz CT molecular complexity index is 617. The van der Waals surface area contributed by atoms with Gasteiger partial charge < -0.3 is 20.4 Å². The molecule has 1 aliphatic rings. The molecule has 130 valence electrons. The molecule has 4 N–H and O–H groups in total. The average Bonchev–Trinajstić information content (AvgIpc) is 2.49. The number of hydrogen-bond acceptors (Lipinski definition) is 6. The number of rotatable bonds is 3. The highest BCUT2D eigenvalue weighted by atomic mass is 32.2. The van der Waals surface area contributed by atoms with E-state index >= 15 is 0 Å². The lowest BCUT2D eigenvalue weighted by atomic mass is 9.98. The molecule has 0 aromatic heterocycles. The van der Waals surface area contributed by atoms with Gasteiger partial charge in [0.1, 0.15) is 0 Å². The van der Waals surface area contributed by atoms with Crippen molar-refractivity contribution in [2.75, 3.05) is 13.2 Å². The summed E-state index contributed by atoms with van der Waals surface area (Å²) in [5.41, 5.74) is 0.904. The smallest absolute Gasteiger partial charge is 0.243 e. The van der Waals surface area contributed by atoms with E-state index in [2.05, 4.69) is 0 Å². The summed E-state index contributed by atoms with van der Waals surface area (Å²) in [5, 5.41) is 39.2. The van der Waals surface area contributed by atoms with Gasteiger partial charge in [0.05, 0.1) is 35.9 Å². The van der Waals surface area contributed by atoms with Crippen LogP contribution in [0.3, 0.4) is 0 Å². The fourth-order valence-electron chi connectivity index (χ4n) is 2.72. The molecule has 2 rings (SSSR count). The van der Waals surface area contributed by atoms with Gasteiger partial charge >= 0.3 is 0 Å². The molecule has 0 aliphatic carbocycles. The number of benzene rings is 1. The molecule has 0 radical (unpaired) electrons. The van der Waals surface area contributed by atoms with Crippen LogP contribution in [0.5, 0.6) is 0 Å². The minimum atomic E-state index is -3.97. The van der Waals surface area contributed by atoms with Crippen molar-refractivity contribution in [1.29, 1.82) is 0 Å². The maximum atomic E-state index is 12.8. The summed E-state index contributed by atoms with van der Waals surface area (Å²) < 4.78 is 26.6. The molecule has 1 saturated heterocycles. The van der Waals surface area contributed by atoms with Gasteiger partial charge in [-0.15, -0.1) is 0 Å². The number of aryl methyl sites for hydroxylation is 1. The van der Waals surface area contributed by atoms with Gasteiger partial charge in [-0.05, 0) is 25.5 Å². The van der Waals surface area contributed by atoms with Gasteiger partial charge in [-0.2, -0.15) is 4.31 Å². The van der Waals surface area contributed by atoms with E-state index in [4.69, 9.17) is 0 Å². The monoisotopic (exact) mass is 345 g/mol. The first-order valence-corrected chi connectivity index (χ1v) is 8.93. The first-order valence-electron chi connectivity index (χ1n) is 7.49. The van der Waals surface area contributed by atoms with Crippen molar-refractivity contribution in [1.82, 2.24) is 4.31 Å². The van der Waals surface area contributed by atoms with Crippen LogP contribution in [-0.2, 0) is 10.0 Å². The van der Waals surface area contributed by atoms with Crippen molar-refractivity contribution in [3.63, 3.8) is 0 Å². The Balaban J connectivity index is 2.39. The summed E-state index contributed by atoms with van der Waals surface area (Å²) in [6, 6.07) is 5.36. The molecule has 0 amide bonds. The van der Waals surface area contributed by atoms with E-state index in [1.165, 1.54) is 12.1 Å². The van der Waals surface area contributed by atoms with Crippen LogP contribution in [0.2, 0.25) is 0 Å². The molecule has 0 spiro atoms. The minimum Gasteiger partial charge on any atom is -0.395 e. The van der Waals surface area contributed by atoms with E-state index < -0.39 is 41.0 Å². The Kier molecular flexibility index (Phi) is 5.77. The zero-order valence-corrected chi connectivity index (χ0v) is 13.7. The molecule has 1 aromatic rings. The maximum Gasteiger partial charge on any atom is 0.243 e. The molecule has 0 bridgehead atoms. The number of aliphatic hydroxyl groups excluding tert-OH is 4. The van der Waals surface area contributed by atoms with Gasteiger partial charge in [0.2, 0.25) is 10.0 Å². The van der Waals surface area contributed by atoms with Gasteiger partial charge in [-0.3, -0.25) is 0 Å². The lowest BCUT2D eigenvalue weighted by Crippen LogP contribution is -2.52. The Labute approximate surface area is 135 Å². The molecule has 7 nitrogen and oxygen atoms in total. The second-order valence-corrected chi connectivity index (χ2v) is 7.87. The first-order chi connectivity index (χ1) is 10.8. The van der Waals surface area contributed by atoms with Crippen molar-refractivity contribution in [3.8, 4) is 0 Å². The minimum absolute atomic E-state index is 0.00856. The van der Waals surface area contributed by atoms with Gasteiger partial charge in [-0.1, -0.05) is 17.7 Å². The van der Waals surface area contributed by atoms with E-state index in [0.29, 0.717) is 0 Å². The topological polar surface area (TPSA) is 118 Å². The van der Waals surface area contributed by atoms with Crippen LogP contribution in [0, 0.1) is 6.92 Å². The average molecular weight is 345 g/mol. The Hall–Kier alpha value is -1.03. The normalized spacial score (nSPS) is 30.7. The molecular formula is C15H23NO6S. The van der Waals surface area contributed by atoms with Gasteiger partial charge in [0.25, 0.3) is 0 Å². The number of sulfonamides is 1. The van der Waals surface area contributed by atoms with E-state index in [1.54, 1.807) is 12.1 Å². The lowest BCUT2D eigenvalue weighted by Gasteiger charge is -2.36. The second-order valence-electron chi connectivity index (χ2n) is 5.98. The lowest BCUT2D eigenvalue weighted by molar-refractivity contribution is -0.0458. The highest BCUT2D eigenvalue weighted by Gasteiger charge is 2.38. The summed E-state index contributed by atoms with van der Waals surface area (Å²) >= 11 is 0. The molecule has 1 aliphatic heterocycles. The Morgan fingerprint density at radius 1 is 1.09 bits per heavy atom. The van der Waals surface area contributed by atoms with Crippen LogP contribution in [-0.4, -0.2) is 70.7 Å². The van der Waals surface area contributed by atoms with E-state index in [0.717, 1.165) is 9.87 Å².